The number of rotatable bonds is 6. The highest BCUT2D eigenvalue weighted by molar-refractivity contribution is 5.80. The molecule has 0 radical (unpaired) electrons. The van der Waals surface area contributed by atoms with Crippen LogP contribution in [0.4, 0.5) is 0 Å². The van der Waals surface area contributed by atoms with Crippen molar-refractivity contribution >= 4 is 5.84 Å². The standard InChI is InChI=1S/C13H26N4O2/c1-2-10(6-13(14)16-18)15-7-12-8-17-5-3-4-11(17)9-19-12/h10-12,15,18H,2-9H2,1H3,(H2,14,16). The van der Waals surface area contributed by atoms with Gasteiger partial charge in [-0.15, -0.1) is 0 Å². The van der Waals surface area contributed by atoms with Gasteiger partial charge in [-0.1, -0.05) is 12.1 Å². The third kappa shape index (κ3) is 4.06. The Morgan fingerprint density at radius 2 is 2.47 bits per heavy atom. The smallest absolute Gasteiger partial charge is 0.140 e. The van der Waals surface area contributed by atoms with Crippen LogP contribution in [0.3, 0.4) is 0 Å². The zero-order chi connectivity index (χ0) is 13.7. The molecule has 6 nitrogen and oxygen atoms in total. The molecular formula is C13H26N4O2. The number of nitrogens with zero attached hydrogens (tertiary/aromatic N) is 2. The summed E-state index contributed by atoms with van der Waals surface area (Å²) in [5.74, 6) is 0.281. The van der Waals surface area contributed by atoms with Crippen LogP contribution in [0, 0.1) is 0 Å². The molecular weight excluding hydrogens is 244 g/mol. The first-order valence-corrected chi connectivity index (χ1v) is 7.28. The number of nitrogens with one attached hydrogen (secondary N) is 1. The van der Waals surface area contributed by atoms with Crippen LogP contribution < -0.4 is 11.1 Å². The summed E-state index contributed by atoms with van der Waals surface area (Å²) in [7, 11) is 0. The second-order valence-electron chi connectivity index (χ2n) is 5.56. The summed E-state index contributed by atoms with van der Waals surface area (Å²) < 4.78 is 5.90. The molecule has 3 atom stereocenters. The van der Waals surface area contributed by atoms with E-state index in [4.69, 9.17) is 15.7 Å². The van der Waals surface area contributed by atoms with Crippen molar-refractivity contribution in [3.8, 4) is 0 Å². The Balaban J connectivity index is 1.72. The van der Waals surface area contributed by atoms with Crippen LogP contribution in [0.5, 0.6) is 0 Å². The van der Waals surface area contributed by atoms with Gasteiger partial charge >= 0.3 is 0 Å². The molecule has 6 heteroatoms. The molecule has 0 amide bonds. The summed E-state index contributed by atoms with van der Waals surface area (Å²) in [6.45, 7) is 6.04. The Labute approximate surface area is 115 Å². The molecule has 2 aliphatic rings. The molecule has 0 aromatic carbocycles. The Kier molecular flexibility index (Phi) is 5.42. The number of hydrogen-bond acceptors (Lipinski definition) is 5. The third-order valence-corrected chi connectivity index (χ3v) is 4.17. The fraction of sp³-hybridized carbons (Fsp3) is 0.923. The zero-order valence-corrected chi connectivity index (χ0v) is 11.7. The van der Waals surface area contributed by atoms with Crippen LogP contribution in [0.15, 0.2) is 5.16 Å². The van der Waals surface area contributed by atoms with Gasteiger partial charge in [-0.25, -0.2) is 0 Å². The Bertz CT molecular complexity index is 311. The van der Waals surface area contributed by atoms with Crippen LogP contribution in [0.25, 0.3) is 0 Å². The van der Waals surface area contributed by atoms with Crippen molar-refractivity contribution in [2.75, 3.05) is 26.2 Å². The largest absolute Gasteiger partial charge is 0.409 e. The summed E-state index contributed by atoms with van der Waals surface area (Å²) in [5, 5.41) is 15.1. The van der Waals surface area contributed by atoms with Crippen LogP contribution in [-0.2, 0) is 4.74 Å². The highest BCUT2D eigenvalue weighted by atomic mass is 16.5. The lowest BCUT2D eigenvalue weighted by molar-refractivity contribution is -0.0478. The number of amidine groups is 1. The minimum Gasteiger partial charge on any atom is -0.409 e. The molecule has 0 aliphatic carbocycles. The Hall–Kier alpha value is -0.850. The molecule has 2 heterocycles. The van der Waals surface area contributed by atoms with Crippen molar-refractivity contribution in [2.24, 2.45) is 10.9 Å². The Morgan fingerprint density at radius 3 is 3.21 bits per heavy atom. The van der Waals surface area contributed by atoms with Crippen molar-refractivity contribution in [1.82, 2.24) is 10.2 Å². The second kappa shape index (κ2) is 7.07. The van der Waals surface area contributed by atoms with Crippen LogP contribution in [0.1, 0.15) is 32.6 Å². The topological polar surface area (TPSA) is 83.1 Å². The number of morpholine rings is 1. The summed E-state index contributed by atoms with van der Waals surface area (Å²) in [6.07, 6.45) is 4.37. The van der Waals surface area contributed by atoms with Crippen molar-refractivity contribution in [2.45, 2.75) is 50.8 Å². The van der Waals surface area contributed by atoms with E-state index in [-0.39, 0.29) is 18.0 Å². The Morgan fingerprint density at radius 1 is 1.63 bits per heavy atom. The number of hydrogen-bond donors (Lipinski definition) is 3. The van der Waals surface area contributed by atoms with Crippen LogP contribution in [-0.4, -0.2) is 60.4 Å². The summed E-state index contributed by atoms with van der Waals surface area (Å²) in [5.41, 5.74) is 5.55. The summed E-state index contributed by atoms with van der Waals surface area (Å²) in [4.78, 5) is 2.54. The van der Waals surface area contributed by atoms with E-state index in [1.165, 1.54) is 19.4 Å². The van der Waals surface area contributed by atoms with E-state index in [1.807, 2.05) is 0 Å². The van der Waals surface area contributed by atoms with Crippen LogP contribution in [0.2, 0.25) is 0 Å². The average molecular weight is 270 g/mol. The van der Waals surface area contributed by atoms with Crippen LogP contribution >= 0.6 is 0 Å². The SMILES string of the molecule is CCC(CC(N)=NO)NCC1CN2CCCC2CO1. The fourth-order valence-corrected chi connectivity index (χ4v) is 2.96. The van der Waals surface area contributed by atoms with E-state index in [0.717, 1.165) is 26.1 Å². The molecule has 0 spiro atoms. The number of ether oxygens (including phenoxy) is 1. The first-order valence-electron chi connectivity index (χ1n) is 7.28. The van der Waals surface area contributed by atoms with Gasteiger partial charge in [0.15, 0.2) is 0 Å². The maximum Gasteiger partial charge on any atom is 0.140 e. The summed E-state index contributed by atoms with van der Waals surface area (Å²) in [6, 6.07) is 0.895. The first-order chi connectivity index (χ1) is 9.22. The van der Waals surface area contributed by atoms with Gasteiger partial charge < -0.3 is 21.0 Å². The minimum absolute atomic E-state index is 0.246. The molecule has 2 aliphatic heterocycles. The van der Waals surface area contributed by atoms with Gasteiger partial charge in [0.05, 0.1) is 12.7 Å². The van der Waals surface area contributed by atoms with E-state index in [1.54, 1.807) is 0 Å². The van der Waals surface area contributed by atoms with Crippen molar-refractivity contribution in [1.29, 1.82) is 0 Å². The van der Waals surface area contributed by atoms with E-state index >= 15 is 0 Å². The third-order valence-electron chi connectivity index (χ3n) is 4.17. The maximum absolute atomic E-state index is 8.60. The first kappa shape index (κ1) is 14.6. The highest BCUT2D eigenvalue weighted by Gasteiger charge is 2.32. The van der Waals surface area contributed by atoms with Gasteiger partial charge in [-0.3, -0.25) is 4.90 Å². The molecule has 4 N–H and O–H groups in total. The van der Waals surface area contributed by atoms with E-state index in [9.17, 15) is 0 Å². The van der Waals surface area contributed by atoms with Crippen molar-refractivity contribution in [3.05, 3.63) is 0 Å². The quantitative estimate of drug-likeness (QED) is 0.281. The molecule has 110 valence electrons. The van der Waals surface area contributed by atoms with Crippen molar-refractivity contribution in [3.63, 3.8) is 0 Å². The molecule has 2 fully saturated rings. The molecule has 0 aromatic heterocycles. The van der Waals surface area contributed by atoms with E-state index in [0.29, 0.717) is 12.5 Å². The lowest BCUT2D eigenvalue weighted by atomic mass is 10.1. The number of nitrogens with two attached hydrogens (primary N) is 1. The normalized spacial score (nSPS) is 30.3. The van der Waals surface area contributed by atoms with Gasteiger partial charge in [0.1, 0.15) is 5.84 Å². The lowest BCUT2D eigenvalue weighted by Crippen LogP contribution is -2.50. The molecule has 3 unspecified atom stereocenters. The highest BCUT2D eigenvalue weighted by Crippen LogP contribution is 2.22. The molecule has 0 saturated carbocycles. The van der Waals surface area contributed by atoms with Gasteiger partial charge in [-0.2, -0.15) is 0 Å². The monoisotopic (exact) mass is 270 g/mol. The molecule has 0 bridgehead atoms. The lowest BCUT2D eigenvalue weighted by Gasteiger charge is -2.35. The van der Waals surface area contributed by atoms with Gasteiger partial charge in [0.2, 0.25) is 0 Å². The van der Waals surface area contributed by atoms with Gasteiger partial charge in [0, 0.05) is 31.6 Å². The number of oxime groups is 1. The molecule has 19 heavy (non-hydrogen) atoms. The molecule has 0 aromatic rings. The predicted octanol–water partition coefficient (Wildman–Crippen LogP) is 0.354. The number of fused-ring (bicyclic) bond motifs is 1. The zero-order valence-electron chi connectivity index (χ0n) is 11.7. The average Bonchev–Trinajstić information content (AvgIpc) is 2.90. The van der Waals surface area contributed by atoms with Gasteiger partial charge in [-0.05, 0) is 25.8 Å². The minimum atomic E-state index is 0.246. The predicted molar refractivity (Wildman–Crippen MR) is 74.4 cm³/mol. The fourth-order valence-electron chi connectivity index (χ4n) is 2.96. The van der Waals surface area contributed by atoms with Crippen molar-refractivity contribution < 1.29 is 9.94 Å². The molecule has 2 saturated heterocycles. The molecule has 2 rings (SSSR count). The second-order valence-corrected chi connectivity index (χ2v) is 5.56. The van der Waals surface area contributed by atoms with Gasteiger partial charge in [0.25, 0.3) is 0 Å². The maximum atomic E-state index is 8.60. The van der Waals surface area contributed by atoms with E-state index in [2.05, 4.69) is 22.3 Å². The summed E-state index contributed by atoms with van der Waals surface area (Å²) >= 11 is 0. The van der Waals surface area contributed by atoms with E-state index < -0.39 is 0 Å².